The Balaban J connectivity index is 1.45. The minimum atomic E-state index is -0.329. The quantitative estimate of drug-likeness (QED) is 0.367. The molecule has 11 heteroatoms. The van der Waals surface area contributed by atoms with Crippen molar-refractivity contribution in [2.45, 2.75) is 25.4 Å². The fourth-order valence-corrected chi connectivity index (χ4v) is 6.82. The molecule has 0 bridgehead atoms. The number of aliphatic hydroxyl groups is 1. The van der Waals surface area contributed by atoms with Crippen molar-refractivity contribution in [2.75, 3.05) is 30.3 Å². The van der Waals surface area contributed by atoms with Gasteiger partial charge in [0.2, 0.25) is 0 Å². The molecular weight excluding hydrogens is 493 g/mol. The van der Waals surface area contributed by atoms with Crippen LogP contribution in [0, 0.1) is 24.2 Å². The van der Waals surface area contributed by atoms with Gasteiger partial charge in [-0.2, -0.15) is 0 Å². The van der Waals surface area contributed by atoms with Crippen LogP contribution in [-0.4, -0.2) is 45.4 Å². The van der Waals surface area contributed by atoms with E-state index in [2.05, 4.69) is 20.2 Å². The monoisotopic (exact) mass is 517 g/mol. The Hall–Kier alpha value is -2.30. The maximum atomic E-state index is 10.1. The summed E-state index contributed by atoms with van der Waals surface area (Å²) in [4.78, 5) is 16.0. The van der Waals surface area contributed by atoms with Crippen molar-refractivity contribution >= 4 is 51.9 Å². The van der Waals surface area contributed by atoms with E-state index in [1.807, 2.05) is 6.92 Å². The molecule has 178 valence electrons. The van der Waals surface area contributed by atoms with Crippen LogP contribution in [0.2, 0.25) is 10.0 Å². The van der Waals surface area contributed by atoms with Crippen LogP contribution in [0.25, 0.3) is 0 Å². The Bertz CT molecular complexity index is 1280. The van der Waals surface area contributed by atoms with Gasteiger partial charge in [0.05, 0.1) is 22.4 Å². The standard InChI is InChI=1S/C23H25Cl2N7OS/c1-11-9-34-22(29-11)23(10-26)13-5-6-32(7-14(13)23)21-16(8-33)30-19(20(28)31-21)18(27)12-3-2-4-15(24)17(12)25/h2-4,9,13-14,27,33H,5-8,10,26H2,1H3,(H2,28,31). The fraction of sp³-hybridized carbons (Fsp3) is 0.391. The first-order valence-corrected chi connectivity index (χ1v) is 12.6. The Morgan fingerprint density at radius 2 is 2.09 bits per heavy atom. The molecule has 0 amide bonds. The number of piperidine rings is 1. The van der Waals surface area contributed by atoms with Gasteiger partial charge in [0.15, 0.2) is 11.6 Å². The van der Waals surface area contributed by atoms with Crippen LogP contribution in [0.5, 0.6) is 0 Å². The summed E-state index contributed by atoms with van der Waals surface area (Å²) >= 11 is 14.1. The zero-order valence-corrected chi connectivity index (χ0v) is 20.9. The highest BCUT2D eigenvalue weighted by atomic mass is 35.5. The second-order valence-electron chi connectivity index (χ2n) is 8.85. The number of aryl methyl sites for hydroxylation is 1. The Labute approximate surface area is 211 Å². The summed E-state index contributed by atoms with van der Waals surface area (Å²) in [5, 5.41) is 22.5. The van der Waals surface area contributed by atoms with Gasteiger partial charge in [-0.15, -0.1) is 11.3 Å². The number of hydrogen-bond donors (Lipinski definition) is 4. The lowest BCUT2D eigenvalue weighted by atomic mass is 10.0. The number of nitrogens with one attached hydrogen (secondary N) is 1. The molecular formula is C23H25Cl2N7OS. The number of rotatable bonds is 6. The van der Waals surface area contributed by atoms with Gasteiger partial charge >= 0.3 is 0 Å². The number of nitrogens with zero attached hydrogens (tertiary/aromatic N) is 4. The number of hydrogen-bond acceptors (Lipinski definition) is 9. The number of fused-ring (bicyclic) bond motifs is 1. The van der Waals surface area contributed by atoms with Gasteiger partial charge in [0, 0.05) is 41.7 Å². The molecule has 1 aliphatic heterocycles. The van der Waals surface area contributed by atoms with Crippen LogP contribution in [0.4, 0.5) is 11.6 Å². The lowest BCUT2D eigenvalue weighted by Gasteiger charge is -2.29. The number of anilines is 2. The molecule has 2 fully saturated rings. The second kappa shape index (κ2) is 8.73. The number of aliphatic hydroxyl groups excluding tert-OH is 1. The van der Waals surface area contributed by atoms with Crippen molar-refractivity contribution in [3.05, 3.63) is 61.3 Å². The number of nitrogens with two attached hydrogens (primary N) is 2. The third-order valence-corrected chi connectivity index (χ3v) is 9.04. The summed E-state index contributed by atoms with van der Waals surface area (Å²) in [6, 6.07) is 5.03. The number of thiazole rings is 1. The van der Waals surface area contributed by atoms with E-state index >= 15 is 0 Å². The average molecular weight is 518 g/mol. The zero-order valence-electron chi connectivity index (χ0n) is 18.6. The largest absolute Gasteiger partial charge is 0.390 e. The van der Waals surface area contributed by atoms with Crippen LogP contribution < -0.4 is 16.4 Å². The Morgan fingerprint density at radius 3 is 2.76 bits per heavy atom. The van der Waals surface area contributed by atoms with Crippen molar-refractivity contribution in [1.29, 1.82) is 5.41 Å². The van der Waals surface area contributed by atoms with Crippen molar-refractivity contribution in [3.63, 3.8) is 0 Å². The molecule has 0 radical (unpaired) electrons. The molecule has 0 spiro atoms. The predicted molar refractivity (Wildman–Crippen MR) is 136 cm³/mol. The molecule has 2 aromatic heterocycles. The molecule has 1 aliphatic carbocycles. The lowest BCUT2D eigenvalue weighted by Crippen LogP contribution is -2.34. The summed E-state index contributed by atoms with van der Waals surface area (Å²) in [7, 11) is 0. The van der Waals surface area contributed by atoms with E-state index in [0.29, 0.717) is 40.5 Å². The molecule has 8 nitrogen and oxygen atoms in total. The topological polar surface area (TPSA) is 138 Å². The van der Waals surface area contributed by atoms with Gasteiger partial charge < -0.3 is 21.5 Å². The van der Waals surface area contributed by atoms with E-state index in [0.717, 1.165) is 30.2 Å². The molecule has 3 heterocycles. The summed E-state index contributed by atoms with van der Waals surface area (Å²) in [5.74, 6) is 1.49. The SMILES string of the molecule is Cc1csc(C2(CN)C3CCN(c4nc(N)c(C(=N)c5cccc(Cl)c5Cl)nc4CO)CC32)n1. The number of nitrogen functional groups attached to an aromatic ring is 1. The van der Waals surface area contributed by atoms with Crippen molar-refractivity contribution in [1.82, 2.24) is 15.0 Å². The summed E-state index contributed by atoms with van der Waals surface area (Å²) < 4.78 is 0. The first kappa shape index (κ1) is 23.4. The predicted octanol–water partition coefficient (Wildman–Crippen LogP) is 3.39. The van der Waals surface area contributed by atoms with Crippen LogP contribution in [0.15, 0.2) is 23.6 Å². The van der Waals surface area contributed by atoms with Crippen LogP contribution in [-0.2, 0) is 12.0 Å². The first-order valence-electron chi connectivity index (χ1n) is 11.0. The normalized spacial score (nSPS) is 23.6. The molecule has 6 N–H and O–H groups in total. The third-order valence-electron chi connectivity index (χ3n) is 7.06. The third kappa shape index (κ3) is 3.58. The van der Waals surface area contributed by atoms with Gasteiger partial charge in [-0.25, -0.2) is 15.0 Å². The van der Waals surface area contributed by atoms with E-state index in [9.17, 15) is 5.11 Å². The van der Waals surface area contributed by atoms with Crippen LogP contribution in [0.1, 0.15) is 34.1 Å². The molecule has 1 aromatic carbocycles. The summed E-state index contributed by atoms with van der Waals surface area (Å²) in [6.07, 6.45) is 0.947. The van der Waals surface area contributed by atoms with Gasteiger partial charge in [-0.1, -0.05) is 35.3 Å². The summed E-state index contributed by atoms with van der Waals surface area (Å²) in [6.45, 7) is 3.72. The highest BCUT2D eigenvalue weighted by molar-refractivity contribution is 7.09. The minimum Gasteiger partial charge on any atom is -0.390 e. The number of aromatic nitrogens is 3. The first-order chi connectivity index (χ1) is 16.3. The van der Waals surface area contributed by atoms with Crippen molar-refractivity contribution in [3.8, 4) is 0 Å². The average Bonchev–Trinajstić information content (AvgIpc) is 3.29. The molecule has 5 rings (SSSR count). The molecule has 1 saturated heterocycles. The van der Waals surface area contributed by atoms with E-state index in [-0.39, 0.29) is 34.3 Å². The van der Waals surface area contributed by atoms with Gasteiger partial charge in [-0.3, -0.25) is 5.41 Å². The van der Waals surface area contributed by atoms with Crippen molar-refractivity contribution < 1.29 is 5.11 Å². The number of halogens is 2. The number of benzene rings is 1. The van der Waals surface area contributed by atoms with E-state index in [1.54, 1.807) is 29.5 Å². The second-order valence-corrected chi connectivity index (χ2v) is 10.5. The van der Waals surface area contributed by atoms with Gasteiger partial charge in [0.25, 0.3) is 0 Å². The van der Waals surface area contributed by atoms with E-state index < -0.39 is 0 Å². The van der Waals surface area contributed by atoms with Crippen molar-refractivity contribution in [2.24, 2.45) is 17.6 Å². The molecule has 3 atom stereocenters. The summed E-state index contributed by atoms with van der Waals surface area (Å²) in [5.41, 5.74) is 14.4. The Kier molecular flexibility index (Phi) is 6.02. The fourth-order valence-electron chi connectivity index (χ4n) is 5.29. The van der Waals surface area contributed by atoms with Crippen LogP contribution in [0.3, 0.4) is 0 Å². The van der Waals surface area contributed by atoms with Gasteiger partial charge in [-0.05, 0) is 31.2 Å². The molecule has 2 aliphatic rings. The highest BCUT2D eigenvalue weighted by Crippen LogP contribution is 2.63. The highest BCUT2D eigenvalue weighted by Gasteiger charge is 2.67. The maximum absolute atomic E-state index is 10.1. The molecule has 34 heavy (non-hydrogen) atoms. The maximum Gasteiger partial charge on any atom is 0.155 e. The molecule has 1 saturated carbocycles. The zero-order chi connectivity index (χ0) is 24.2. The van der Waals surface area contributed by atoms with Gasteiger partial charge in [0.1, 0.15) is 16.4 Å². The Morgan fingerprint density at radius 1 is 1.29 bits per heavy atom. The molecule has 3 unspecified atom stereocenters. The molecule has 3 aromatic rings. The van der Waals surface area contributed by atoms with E-state index in [4.69, 9.17) is 45.1 Å². The van der Waals surface area contributed by atoms with E-state index in [1.165, 1.54) is 0 Å². The smallest absolute Gasteiger partial charge is 0.155 e. The minimum absolute atomic E-state index is 0.000870. The van der Waals surface area contributed by atoms with Crippen LogP contribution >= 0.6 is 34.5 Å². The lowest BCUT2D eigenvalue weighted by molar-refractivity contribution is 0.276.